The Morgan fingerprint density at radius 3 is 2.39 bits per heavy atom. The number of carboxylic acids is 1. The van der Waals surface area contributed by atoms with E-state index in [1.54, 1.807) is 25.8 Å². The first-order valence-corrected chi connectivity index (χ1v) is 5.99. The van der Waals surface area contributed by atoms with Gasteiger partial charge in [-0.2, -0.15) is 0 Å². The van der Waals surface area contributed by atoms with Crippen LogP contribution in [0.15, 0.2) is 6.07 Å². The van der Waals surface area contributed by atoms with Crippen LogP contribution in [0.4, 0.5) is 5.95 Å². The molecular formula is C13H21N3O2. The third-order valence-corrected chi connectivity index (χ3v) is 3.12. The lowest BCUT2D eigenvalue weighted by molar-refractivity contribution is -0.142. The number of carboxylic acid groups (broad SMARTS) is 1. The summed E-state index contributed by atoms with van der Waals surface area (Å²) in [5.41, 5.74) is 0.726. The second kappa shape index (κ2) is 4.92. The topological polar surface area (TPSA) is 66.3 Å². The van der Waals surface area contributed by atoms with Crippen LogP contribution in [-0.2, 0) is 4.79 Å². The van der Waals surface area contributed by atoms with Crippen molar-refractivity contribution in [1.82, 2.24) is 9.97 Å². The van der Waals surface area contributed by atoms with Crippen LogP contribution in [0.1, 0.15) is 45.0 Å². The van der Waals surface area contributed by atoms with Gasteiger partial charge in [0, 0.05) is 18.4 Å². The zero-order chi connectivity index (χ0) is 14.1. The molecule has 0 aliphatic heterocycles. The van der Waals surface area contributed by atoms with E-state index >= 15 is 0 Å². The minimum Gasteiger partial charge on any atom is -0.480 e. The first kappa shape index (κ1) is 14.4. The number of likely N-dealkylation sites (N-methyl/N-ethyl adjacent to an activating group) is 1. The average molecular weight is 251 g/mol. The molecule has 100 valence electrons. The third-order valence-electron chi connectivity index (χ3n) is 3.12. The standard InChI is InChI=1S/C13H21N3O2/c1-8(2)10-7-9(3)14-12(15-10)16(6)13(4,5)11(17)18/h7-8H,1-6H3,(H,17,18). The second-order valence-corrected chi connectivity index (χ2v) is 5.31. The molecule has 0 aliphatic rings. The summed E-state index contributed by atoms with van der Waals surface area (Å²) in [7, 11) is 1.70. The maximum absolute atomic E-state index is 11.2. The van der Waals surface area contributed by atoms with E-state index in [4.69, 9.17) is 0 Å². The Morgan fingerprint density at radius 2 is 1.94 bits per heavy atom. The van der Waals surface area contributed by atoms with Gasteiger partial charge in [0.15, 0.2) is 0 Å². The summed E-state index contributed by atoms with van der Waals surface area (Å²) < 4.78 is 0. The first-order valence-electron chi connectivity index (χ1n) is 5.99. The molecule has 0 atom stereocenters. The molecule has 0 bridgehead atoms. The summed E-state index contributed by atoms with van der Waals surface area (Å²) in [5.74, 6) is -0.168. The number of rotatable bonds is 4. The maximum atomic E-state index is 11.2. The Kier molecular flexibility index (Phi) is 3.94. The normalized spacial score (nSPS) is 11.7. The van der Waals surface area contributed by atoms with Crippen molar-refractivity contribution in [3.8, 4) is 0 Å². The van der Waals surface area contributed by atoms with Crippen LogP contribution < -0.4 is 4.90 Å². The molecular weight excluding hydrogens is 230 g/mol. The molecule has 0 aromatic carbocycles. The van der Waals surface area contributed by atoms with Crippen LogP contribution in [0.2, 0.25) is 0 Å². The summed E-state index contributed by atoms with van der Waals surface area (Å²) in [6.45, 7) is 9.26. The fourth-order valence-electron chi connectivity index (χ4n) is 1.42. The number of hydrogen-bond acceptors (Lipinski definition) is 4. The molecule has 0 aliphatic carbocycles. The average Bonchev–Trinajstić information content (AvgIpc) is 2.26. The largest absolute Gasteiger partial charge is 0.480 e. The van der Waals surface area contributed by atoms with Crippen LogP contribution in [0, 0.1) is 6.92 Å². The number of hydrogen-bond donors (Lipinski definition) is 1. The van der Waals surface area contributed by atoms with Crippen molar-refractivity contribution < 1.29 is 9.90 Å². The van der Waals surface area contributed by atoms with Crippen LogP contribution in [-0.4, -0.2) is 33.6 Å². The maximum Gasteiger partial charge on any atom is 0.329 e. The van der Waals surface area contributed by atoms with Crippen molar-refractivity contribution >= 4 is 11.9 Å². The highest BCUT2D eigenvalue weighted by atomic mass is 16.4. The van der Waals surface area contributed by atoms with Crippen molar-refractivity contribution in [3.63, 3.8) is 0 Å². The summed E-state index contributed by atoms with van der Waals surface area (Å²) >= 11 is 0. The molecule has 0 saturated heterocycles. The van der Waals surface area contributed by atoms with E-state index in [0.717, 1.165) is 11.4 Å². The molecule has 0 spiro atoms. The van der Waals surface area contributed by atoms with Gasteiger partial charge in [0.25, 0.3) is 0 Å². The van der Waals surface area contributed by atoms with Crippen LogP contribution >= 0.6 is 0 Å². The van der Waals surface area contributed by atoms with Crippen LogP contribution in [0.3, 0.4) is 0 Å². The predicted octanol–water partition coefficient (Wildman–Crippen LogP) is 2.21. The number of anilines is 1. The summed E-state index contributed by atoms with van der Waals surface area (Å²) in [4.78, 5) is 21.6. The predicted molar refractivity (Wildman–Crippen MR) is 71.0 cm³/mol. The lowest BCUT2D eigenvalue weighted by Gasteiger charge is -2.32. The Bertz CT molecular complexity index is 456. The quantitative estimate of drug-likeness (QED) is 0.888. The van der Waals surface area contributed by atoms with E-state index in [9.17, 15) is 9.90 Å². The van der Waals surface area contributed by atoms with E-state index in [1.807, 2.05) is 26.8 Å². The van der Waals surface area contributed by atoms with Crippen molar-refractivity contribution in [2.45, 2.75) is 46.1 Å². The molecule has 0 saturated carbocycles. The lowest BCUT2D eigenvalue weighted by Crippen LogP contribution is -2.49. The number of aryl methyl sites for hydroxylation is 1. The molecule has 1 rings (SSSR count). The zero-order valence-electron chi connectivity index (χ0n) is 11.9. The van der Waals surface area contributed by atoms with E-state index in [0.29, 0.717) is 5.95 Å². The molecule has 5 heteroatoms. The van der Waals surface area contributed by atoms with E-state index in [2.05, 4.69) is 9.97 Å². The van der Waals surface area contributed by atoms with Gasteiger partial charge in [-0.3, -0.25) is 0 Å². The SMILES string of the molecule is Cc1cc(C(C)C)nc(N(C)C(C)(C)C(=O)O)n1. The third kappa shape index (κ3) is 2.78. The Balaban J connectivity index is 3.21. The molecule has 0 amide bonds. The van der Waals surface area contributed by atoms with Gasteiger partial charge in [-0.1, -0.05) is 13.8 Å². The highest BCUT2D eigenvalue weighted by molar-refractivity contribution is 5.81. The molecule has 0 fully saturated rings. The Morgan fingerprint density at radius 1 is 1.39 bits per heavy atom. The number of nitrogens with zero attached hydrogens (tertiary/aromatic N) is 3. The van der Waals surface area contributed by atoms with Gasteiger partial charge in [0.2, 0.25) is 5.95 Å². The van der Waals surface area contributed by atoms with Gasteiger partial charge in [0.1, 0.15) is 5.54 Å². The molecule has 1 aromatic heterocycles. The van der Waals surface area contributed by atoms with Gasteiger partial charge in [0.05, 0.1) is 0 Å². The number of carbonyl (C=O) groups is 1. The van der Waals surface area contributed by atoms with Gasteiger partial charge in [-0.25, -0.2) is 14.8 Å². The van der Waals surface area contributed by atoms with Crippen molar-refractivity contribution in [1.29, 1.82) is 0 Å². The van der Waals surface area contributed by atoms with Crippen molar-refractivity contribution in [3.05, 3.63) is 17.5 Å². The highest BCUT2D eigenvalue weighted by Crippen LogP contribution is 2.22. The number of aliphatic carboxylic acids is 1. The monoisotopic (exact) mass is 251 g/mol. The summed E-state index contributed by atoms with van der Waals surface area (Å²) in [6.07, 6.45) is 0. The fraction of sp³-hybridized carbons (Fsp3) is 0.615. The molecule has 1 N–H and O–H groups in total. The number of aromatic nitrogens is 2. The van der Waals surface area contributed by atoms with Gasteiger partial charge >= 0.3 is 5.97 Å². The summed E-state index contributed by atoms with van der Waals surface area (Å²) in [5, 5.41) is 9.22. The molecule has 18 heavy (non-hydrogen) atoms. The highest BCUT2D eigenvalue weighted by Gasteiger charge is 2.34. The Hall–Kier alpha value is -1.65. The molecule has 1 aromatic rings. The van der Waals surface area contributed by atoms with Crippen molar-refractivity contribution in [2.75, 3.05) is 11.9 Å². The summed E-state index contributed by atoms with van der Waals surface area (Å²) in [6, 6.07) is 1.93. The van der Waals surface area contributed by atoms with E-state index in [1.165, 1.54) is 0 Å². The van der Waals surface area contributed by atoms with Gasteiger partial charge in [-0.05, 0) is 32.8 Å². The minimum atomic E-state index is -1.04. The molecule has 0 unspecified atom stereocenters. The molecule has 1 heterocycles. The van der Waals surface area contributed by atoms with Crippen LogP contribution in [0.5, 0.6) is 0 Å². The molecule has 0 radical (unpaired) electrons. The van der Waals surface area contributed by atoms with Crippen LogP contribution in [0.25, 0.3) is 0 Å². The van der Waals surface area contributed by atoms with Gasteiger partial charge < -0.3 is 10.0 Å². The van der Waals surface area contributed by atoms with Crippen molar-refractivity contribution in [2.24, 2.45) is 0 Å². The zero-order valence-corrected chi connectivity index (χ0v) is 11.9. The fourth-order valence-corrected chi connectivity index (χ4v) is 1.42. The smallest absolute Gasteiger partial charge is 0.329 e. The van der Waals surface area contributed by atoms with Gasteiger partial charge in [-0.15, -0.1) is 0 Å². The first-order chi connectivity index (χ1) is 8.16. The van der Waals surface area contributed by atoms with E-state index < -0.39 is 11.5 Å². The minimum absolute atomic E-state index is 0.284. The lowest BCUT2D eigenvalue weighted by atomic mass is 10.0. The van der Waals surface area contributed by atoms with E-state index in [-0.39, 0.29) is 5.92 Å². The second-order valence-electron chi connectivity index (χ2n) is 5.31. The Labute approximate surface area is 108 Å². The molecule has 5 nitrogen and oxygen atoms in total.